The molecule has 0 saturated heterocycles. The summed E-state index contributed by atoms with van der Waals surface area (Å²) in [5.74, 6) is -0.213. The first-order valence-electron chi connectivity index (χ1n) is 5.68. The minimum absolute atomic E-state index is 0.213. The molecule has 19 heavy (non-hydrogen) atoms. The molecule has 0 bridgehead atoms. The van der Waals surface area contributed by atoms with Crippen LogP contribution in [0.3, 0.4) is 0 Å². The SMILES string of the molecule is CSc1cccc(NC(=O)c2cccc(C#N)c2)c1. The molecule has 0 aliphatic heterocycles. The third kappa shape index (κ3) is 3.36. The van der Waals surface area contributed by atoms with E-state index in [2.05, 4.69) is 5.32 Å². The van der Waals surface area contributed by atoms with E-state index in [1.165, 1.54) is 0 Å². The van der Waals surface area contributed by atoms with Crippen molar-refractivity contribution in [2.45, 2.75) is 4.90 Å². The summed E-state index contributed by atoms with van der Waals surface area (Å²) in [5.41, 5.74) is 1.71. The Labute approximate surface area is 116 Å². The van der Waals surface area contributed by atoms with Gasteiger partial charge in [0.05, 0.1) is 11.6 Å². The molecule has 4 heteroatoms. The summed E-state index contributed by atoms with van der Waals surface area (Å²) in [4.78, 5) is 13.1. The van der Waals surface area contributed by atoms with Crippen LogP contribution in [0.1, 0.15) is 15.9 Å². The number of hydrogen-bond acceptors (Lipinski definition) is 3. The van der Waals surface area contributed by atoms with Crippen molar-refractivity contribution in [3.05, 3.63) is 59.7 Å². The number of nitrogens with zero attached hydrogens (tertiary/aromatic N) is 1. The number of nitriles is 1. The van der Waals surface area contributed by atoms with E-state index < -0.39 is 0 Å². The fourth-order valence-corrected chi connectivity index (χ4v) is 2.09. The zero-order valence-corrected chi connectivity index (χ0v) is 11.2. The summed E-state index contributed by atoms with van der Waals surface area (Å²) in [6.07, 6.45) is 1.98. The van der Waals surface area contributed by atoms with Gasteiger partial charge >= 0.3 is 0 Å². The highest BCUT2D eigenvalue weighted by atomic mass is 32.2. The zero-order chi connectivity index (χ0) is 13.7. The first kappa shape index (κ1) is 13.2. The second kappa shape index (κ2) is 6.07. The molecule has 0 fully saturated rings. The quantitative estimate of drug-likeness (QED) is 0.866. The number of thioether (sulfide) groups is 1. The lowest BCUT2D eigenvalue weighted by molar-refractivity contribution is 0.102. The van der Waals surface area contributed by atoms with E-state index in [0.29, 0.717) is 11.1 Å². The summed E-state index contributed by atoms with van der Waals surface area (Å²) >= 11 is 1.62. The van der Waals surface area contributed by atoms with Gasteiger partial charge in [-0.05, 0) is 42.7 Å². The van der Waals surface area contributed by atoms with Crippen LogP contribution in [0.2, 0.25) is 0 Å². The maximum absolute atomic E-state index is 12.1. The van der Waals surface area contributed by atoms with E-state index in [-0.39, 0.29) is 5.91 Å². The van der Waals surface area contributed by atoms with Gasteiger partial charge in [-0.25, -0.2) is 0 Å². The summed E-state index contributed by atoms with van der Waals surface area (Å²) in [6, 6.07) is 16.3. The second-order valence-corrected chi connectivity index (χ2v) is 4.76. The smallest absolute Gasteiger partial charge is 0.255 e. The number of benzene rings is 2. The minimum Gasteiger partial charge on any atom is -0.322 e. The van der Waals surface area contributed by atoms with E-state index in [1.54, 1.807) is 36.0 Å². The molecule has 0 spiro atoms. The summed E-state index contributed by atoms with van der Waals surface area (Å²) in [6.45, 7) is 0. The highest BCUT2D eigenvalue weighted by Crippen LogP contribution is 2.19. The van der Waals surface area contributed by atoms with Crippen LogP contribution < -0.4 is 5.32 Å². The van der Waals surface area contributed by atoms with Gasteiger partial charge in [-0.15, -0.1) is 11.8 Å². The van der Waals surface area contributed by atoms with Crippen LogP contribution in [0.5, 0.6) is 0 Å². The van der Waals surface area contributed by atoms with Crippen LogP contribution >= 0.6 is 11.8 Å². The van der Waals surface area contributed by atoms with Crippen molar-refractivity contribution in [2.75, 3.05) is 11.6 Å². The van der Waals surface area contributed by atoms with Crippen LogP contribution in [0.4, 0.5) is 5.69 Å². The van der Waals surface area contributed by atoms with Gasteiger partial charge in [-0.3, -0.25) is 4.79 Å². The maximum atomic E-state index is 12.1. The van der Waals surface area contributed by atoms with Gasteiger partial charge in [0.2, 0.25) is 0 Å². The van der Waals surface area contributed by atoms with Gasteiger partial charge in [0.25, 0.3) is 5.91 Å². The van der Waals surface area contributed by atoms with E-state index in [9.17, 15) is 4.79 Å². The van der Waals surface area contributed by atoms with Gasteiger partial charge < -0.3 is 5.32 Å². The Kier molecular flexibility index (Phi) is 4.22. The topological polar surface area (TPSA) is 52.9 Å². The number of rotatable bonds is 3. The van der Waals surface area contributed by atoms with Crippen LogP contribution in [-0.2, 0) is 0 Å². The van der Waals surface area contributed by atoms with Gasteiger partial charge in [0.15, 0.2) is 0 Å². The Morgan fingerprint density at radius 1 is 1.21 bits per heavy atom. The maximum Gasteiger partial charge on any atom is 0.255 e. The fraction of sp³-hybridized carbons (Fsp3) is 0.0667. The van der Waals surface area contributed by atoms with E-state index in [0.717, 1.165) is 10.6 Å². The third-order valence-corrected chi connectivity index (χ3v) is 3.31. The average Bonchev–Trinajstić information content (AvgIpc) is 2.47. The van der Waals surface area contributed by atoms with Crippen molar-refractivity contribution in [3.8, 4) is 6.07 Å². The van der Waals surface area contributed by atoms with Crippen molar-refractivity contribution in [2.24, 2.45) is 0 Å². The standard InChI is InChI=1S/C15H12N2OS/c1-19-14-7-3-6-13(9-14)17-15(18)12-5-2-4-11(8-12)10-16/h2-9H,1H3,(H,17,18). The Morgan fingerprint density at radius 3 is 2.74 bits per heavy atom. The monoisotopic (exact) mass is 268 g/mol. The van der Waals surface area contributed by atoms with Gasteiger partial charge in [0.1, 0.15) is 0 Å². The molecular weight excluding hydrogens is 256 g/mol. The van der Waals surface area contributed by atoms with Crippen molar-refractivity contribution in [3.63, 3.8) is 0 Å². The summed E-state index contributed by atoms with van der Waals surface area (Å²) in [7, 11) is 0. The largest absolute Gasteiger partial charge is 0.322 e. The lowest BCUT2D eigenvalue weighted by Gasteiger charge is -2.06. The summed E-state index contributed by atoms with van der Waals surface area (Å²) < 4.78 is 0. The van der Waals surface area contributed by atoms with Crippen LogP contribution in [0, 0.1) is 11.3 Å². The van der Waals surface area contributed by atoms with Crippen LogP contribution in [-0.4, -0.2) is 12.2 Å². The molecular formula is C15H12N2OS. The van der Waals surface area contributed by atoms with E-state index >= 15 is 0 Å². The van der Waals surface area contributed by atoms with Crippen molar-refractivity contribution in [1.82, 2.24) is 0 Å². The molecule has 0 aliphatic rings. The Hall–Kier alpha value is -2.25. The number of carbonyl (C=O) groups is 1. The molecule has 0 aromatic heterocycles. The Bertz CT molecular complexity index is 647. The molecule has 2 aromatic rings. The second-order valence-electron chi connectivity index (χ2n) is 3.88. The number of carbonyl (C=O) groups excluding carboxylic acids is 1. The molecule has 0 atom stereocenters. The Balaban J connectivity index is 2.18. The van der Waals surface area contributed by atoms with Gasteiger partial charge in [-0.2, -0.15) is 5.26 Å². The molecule has 2 rings (SSSR count). The minimum atomic E-state index is -0.213. The number of nitrogens with one attached hydrogen (secondary N) is 1. The average molecular weight is 268 g/mol. The van der Waals surface area contributed by atoms with Gasteiger partial charge in [0, 0.05) is 16.1 Å². The van der Waals surface area contributed by atoms with Crippen molar-refractivity contribution in [1.29, 1.82) is 5.26 Å². The molecule has 0 heterocycles. The van der Waals surface area contributed by atoms with Crippen LogP contribution in [0.15, 0.2) is 53.4 Å². The molecule has 3 nitrogen and oxygen atoms in total. The highest BCUT2D eigenvalue weighted by Gasteiger charge is 2.06. The van der Waals surface area contributed by atoms with Crippen molar-refractivity contribution < 1.29 is 4.79 Å². The van der Waals surface area contributed by atoms with Crippen LogP contribution in [0.25, 0.3) is 0 Å². The Morgan fingerprint density at radius 2 is 2.00 bits per heavy atom. The predicted molar refractivity (Wildman–Crippen MR) is 77.3 cm³/mol. The highest BCUT2D eigenvalue weighted by molar-refractivity contribution is 7.98. The lowest BCUT2D eigenvalue weighted by Crippen LogP contribution is -2.11. The van der Waals surface area contributed by atoms with Gasteiger partial charge in [-0.1, -0.05) is 12.1 Å². The molecule has 2 aromatic carbocycles. The first-order valence-corrected chi connectivity index (χ1v) is 6.91. The lowest BCUT2D eigenvalue weighted by atomic mass is 10.1. The molecule has 0 radical (unpaired) electrons. The molecule has 94 valence electrons. The molecule has 0 aliphatic carbocycles. The normalized spacial score (nSPS) is 9.68. The molecule has 0 saturated carbocycles. The molecule has 0 unspecified atom stereocenters. The third-order valence-electron chi connectivity index (χ3n) is 2.58. The van der Waals surface area contributed by atoms with Crippen molar-refractivity contribution >= 4 is 23.4 Å². The zero-order valence-electron chi connectivity index (χ0n) is 10.4. The summed E-state index contributed by atoms with van der Waals surface area (Å²) in [5, 5.41) is 11.6. The van der Waals surface area contributed by atoms with E-state index in [4.69, 9.17) is 5.26 Å². The molecule has 1 amide bonds. The first-order chi connectivity index (χ1) is 9.22. The fourth-order valence-electron chi connectivity index (χ4n) is 1.63. The van der Waals surface area contributed by atoms with E-state index in [1.807, 2.05) is 36.6 Å². The predicted octanol–water partition coefficient (Wildman–Crippen LogP) is 3.53. The number of hydrogen-bond donors (Lipinski definition) is 1. The number of anilines is 1. The number of amides is 1. The molecule has 1 N–H and O–H groups in total.